The van der Waals surface area contributed by atoms with Gasteiger partial charge in [-0.05, 0) is 60.7 Å². The van der Waals surface area contributed by atoms with Crippen LogP contribution in [0.1, 0.15) is 12.8 Å². The lowest BCUT2D eigenvalue weighted by atomic mass is 10.1. The van der Waals surface area contributed by atoms with Crippen LogP contribution in [0.4, 0.5) is 22.7 Å². The summed E-state index contributed by atoms with van der Waals surface area (Å²) in [6.07, 6.45) is -0.565. The number of benzene rings is 4. The average Bonchev–Trinajstić information content (AvgIpc) is 2.93. The molecule has 0 spiro atoms. The number of aliphatic carboxylic acids is 1. The van der Waals surface area contributed by atoms with Crippen LogP contribution in [-0.2, 0) is 29.9 Å². The highest BCUT2D eigenvalue weighted by atomic mass is 32.2. The molecule has 0 saturated heterocycles. The second-order valence-electron chi connectivity index (χ2n) is 8.69. The second kappa shape index (κ2) is 11.8. The summed E-state index contributed by atoms with van der Waals surface area (Å²) in [5.74, 6) is -1.16. The number of amides is 1. The molecule has 0 aliphatic heterocycles. The molecule has 0 bridgehead atoms. The van der Waals surface area contributed by atoms with Crippen molar-refractivity contribution in [1.29, 1.82) is 0 Å². The summed E-state index contributed by atoms with van der Waals surface area (Å²) in [4.78, 5) is 22.4. The zero-order valence-electron chi connectivity index (χ0n) is 21.5. The smallest absolute Gasteiger partial charge is 0.364 e. The molecule has 0 saturated carbocycles. The molecule has 0 atom stereocenters. The first-order chi connectivity index (χ1) is 19.4. The van der Waals surface area contributed by atoms with E-state index in [1.165, 1.54) is 67.8 Å². The number of hydrogen-bond acceptors (Lipinski definition) is 7. The van der Waals surface area contributed by atoms with Gasteiger partial charge >= 0.3 is 16.3 Å². The van der Waals surface area contributed by atoms with E-state index >= 15 is 0 Å². The molecule has 4 rings (SSSR count). The number of carboxylic acids is 1. The topological polar surface area (TPSA) is 179 Å². The van der Waals surface area contributed by atoms with E-state index in [-0.39, 0.29) is 40.5 Å². The van der Waals surface area contributed by atoms with Gasteiger partial charge in [0.15, 0.2) is 0 Å². The molecule has 1 amide bonds. The molecule has 0 aromatic heterocycles. The van der Waals surface area contributed by atoms with Crippen LogP contribution >= 0.6 is 0 Å². The molecule has 0 unspecified atom stereocenters. The standard InChI is InChI=1S/C27H25N3O9S2/c1-39-20-10-8-19(9-11-20)30(41(36,37)38)25-15-14-24(22-4-2-3-5-23(22)25)29-40(34,35)21-12-6-18(7-13-21)28-26(31)16-17-27(32)33/h2-15,29H,16-17H2,1H3,(H,28,31)(H,32,33)(H,36,37,38). The molecule has 12 nitrogen and oxygen atoms in total. The Morgan fingerprint density at radius 1 is 0.829 bits per heavy atom. The number of rotatable bonds is 11. The Hall–Kier alpha value is -4.66. The van der Waals surface area contributed by atoms with Crippen LogP contribution in [0.2, 0.25) is 0 Å². The average molecular weight is 600 g/mol. The van der Waals surface area contributed by atoms with Gasteiger partial charge < -0.3 is 15.2 Å². The molecule has 4 N–H and O–H groups in total. The van der Waals surface area contributed by atoms with Crippen molar-refractivity contribution in [3.05, 3.63) is 84.9 Å². The summed E-state index contributed by atoms with van der Waals surface area (Å²) >= 11 is 0. The minimum Gasteiger partial charge on any atom is -0.497 e. The van der Waals surface area contributed by atoms with Crippen LogP contribution in [0, 0.1) is 0 Å². The summed E-state index contributed by atoms with van der Waals surface area (Å²) in [5, 5.41) is 11.9. The first kappa shape index (κ1) is 29.3. The van der Waals surface area contributed by atoms with Gasteiger partial charge in [-0.1, -0.05) is 24.3 Å². The van der Waals surface area contributed by atoms with Crippen LogP contribution in [0.15, 0.2) is 89.8 Å². The lowest BCUT2D eigenvalue weighted by Gasteiger charge is -2.24. The van der Waals surface area contributed by atoms with E-state index in [0.717, 1.165) is 4.31 Å². The minimum atomic E-state index is -4.80. The van der Waals surface area contributed by atoms with Crippen LogP contribution in [0.3, 0.4) is 0 Å². The van der Waals surface area contributed by atoms with Crippen molar-refractivity contribution in [2.24, 2.45) is 0 Å². The number of sulfonamides is 1. The first-order valence-corrected chi connectivity index (χ1v) is 14.8. The fourth-order valence-corrected chi connectivity index (χ4v) is 5.90. The van der Waals surface area contributed by atoms with E-state index in [0.29, 0.717) is 16.5 Å². The maximum atomic E-state index is 13.2. The Bertz CT molecular complexity index is 1810. The van der Waals surface area contributed by atoms with Gasteiger partial charge in [-0.25, -0.2) is 12.7 Å². The molecule has 0 aliphatic rings. The van der Waals surface area contributed by atoms with Crippen molar-refractivity contribution in [3.63, 3.8) is 0 Å². The highest BCUT2D eigenvalue weighted by Gasteiger charge is 2.25. The van der Waals surface area contributed by atoms with Gasteiger partial charge in [-0.15, -0.1) is 0 Å². The zero-order valence-corrected chi connectivity index (χ0v) is 23.1. The highest BCUT2D eigenvalue weighted by Crippen LogP contribution is 2.38. The summed E-state index contributed by atoms with van der Waals surface area (Å²) in [6, 6.07) is 20.5. The lowest BCUT2D eigenvalue weighted by molar-refractivity contribution is -0.138. The Morgan fingerprint density at radius 3 is 2.05 bits per heavy atom. The Labute approximate surface area is 236 Å². The van der Waals surface area contributed by atoms with E-state index in [1.807, 2.05) is 0 Å². The molecule has 0 radical (unpaired) electrons. The third-order valence-corrected chi connectivity index (χ3v) is 8.17. The van der Waals surface area contributed by atoms with Crippen LogP contribution < -0.4 is 19.1 Å². The van der Waals surface area contributed by atoms with E-state index in [4.69, 9.17) is 9.84 Å². The van der Waals surface area contributed by atoms with Crippen molar-refractivity contribution in [2.75, 3.05) is 21.5 Å². The number of anilines is 4. The van der Waals surface area contributed by atoms with Gasteiger partial charge in [0.05, 0.1) is 35.5 Å². The fraction of sp³-hybridized carbons (Fsp3) is 0.111. The third-order valence-electron chi connectivity index (χ3n) is 5.92. The van der Waals surface area contributed by atoms with E-state index in [9.17, 15) is 31.0 Å². The van der Waals surface area contributed by atoms with Gasteiger partial charge in [0, 0.05) is 22.9 Å². The SMILES string of the molecule is COc1ccc(N(c2ccc(NS(=O)(=O)c3ccc(NC(=O)CCC(=O)O)cc3)c3ccccc23)S(=O)(=O)O)cc1. The number of hydrogen-bond donors (Lipinski definition) is 4. The summed E-state index contributed by atoms with van der Waals surface area (Å²) in [7, 11) is -7.47. The minimum absolute atomic E-state index is 0.0826. The summed E-state index contributed by atoms with van der Waals surface area (Å²) in [5.41, 5.74) is 0.652. The lowest BCUT2D eigenvalue weighted by Crippen LogP contribution is -2.25. The van der Waals surface area contributed by atoms with Crippen LogP contribution in [0.25, 0.3) is 10.8 Å². The van der Waals surface area contributed by atoms with Crippen molar-refractivity contribution in [2.45, 2.75) is 17.7 Å². The number of nitrogens with one attached hydrogen (secondary N) is 2. The Balaban J connectivity index is 1.65. The normalized spacial score (nSPS) is 11.6. The zero-order chi connectivity index (χ0) is 29.8. The van der Waals surface area contributed by atoms with Crippen molar-refractivity contribution >= 4 is 65.7 Å². The molecule has 4 aromatic rings. The first-order valence-electron chi connectivity index (χ1n) is 12.0. The number of nitrogens with zero attached hydrogens (tertiary/aromatic N) is 1. The third kappa shape index (κ3) is 6.92. The van der Waals surface area contributed by atoms with Crippen LogP contribution in [-0.4, -0.2) is 45.5 Å². The van der Waals surface area contributed by atoms with Gasteiger partial charge in [-0.3, -0.25) is 18.9 Å². The van der Waals surface area contributed by atoms with E-state index in [2.05, 4.69) is 10.0 Å². The van der Waals surface area contributed by atoms with Crippen molar-refractivity contribution in [1.82, 2.24) is 0 Å². The Kier molecular flexibility index (Phi) is 8.47. The quantitative estimate of drug-likeness (QED) is 0.182. The Morgan fingerprint density at radius 2 is 1.46 bits per heavy atom. The van der Waals surface area contributed by atoms with Crippen molar-refractivity contribution < 1.29 is 40.8 Å². The molecule has 0 aliphatic carbocycles. The molecular formula is C27H25N3O9S2. The number of carbonyl (C=O) groups is 2. The fourth-order valence-electron chi connectivity index (χ4n) is 4.03. The molecule has 0 heterocycles. The molecule has 0 fully saturated rings. The van der Waals surface area contributed by atoms with Gasteiger partial charge in [0.2, 0.25) is 5.91 Å². The molecule has 14 heteroatoms. The molecule has 41 heavy (non-hydrogen) atoms. The number of ether oxygens (including phenoxy) is 1. The van der Waals surface area contributed by atoms with Gasteiger partial charge in [0.1, 0.15) is 5.75 Å². The van der Waals surface area contributed by atoms with Gasteiger partial charge in [0.25, 0.3) is 10.0 Å². The predicted octanol–water partition coefficient (Wildman–Crippen LogP) is 4.39. The van der Waals surface area contributed by atoms with Gasteiger partial charge in [-0.2, -0.15) is 8.42 Å². The maximum absolute atomic E-state index is 13.2. The molecular weight excluding hydrogens is 574 g/mol. The number of carbonyl (C=O) groups excluding carboxylic acids is 1. The van der Waals surface area contributed by atoms with Crippen LogP contribution in [0.5, 0.6) is 5.75 Å². The summed E-state index contributed by atoms with van der Waals surface area (Å²) in [6.45, 7) is 0. The predicted molar refractivity (Wildman–Crippen MR) is 153 cm³/mol. The molecule has 214 valence electrons. The highest BCUT2D eigenvalue weighted by molar-refractivity contribution is 7.92. The van der Waals surface area contributed by atoms with E-state index in [1.54, 1.807) is 24.3 Å². The second-order valence-corrected chi connectivity index (χ2v) is 11.6. The molecule has 4 aromatic carbocycles. The number of fused-ring (bicyclic) bond motifs is 1. The number of methoxy groups -OCH3 is 1. The van der Waals surface area contributed by atoms with E-state index < -0.39 is 32.2 Å². The maximum Gasteiger partial charge on any atom is 0.364 e. The number of carboxylic acid groups (broad SMARTS) is 1. The summed E-state index contributed by atoms with van der Waals surface area (Å²) < 4.78 is 69.8. The monoisotopic (exact) mass is 599 g/mol. The van der Waals surface area contributed by atoms with Crippen molar-refractivity contribution in [3.8, 4) is 5.75 Å². The largest absolute Gasteiger partial charge is 0.497 e.